The van der Waals surface area contributed by atoms with Gasteiger partial charge in [-0.1, -0.05) is 12.1 Å². The van der Waals surface area contributed by atoms with Crippen molar-refractivity contribution in [2.24, 2.45) is 0 Å². The molecule has 2 atom stereocenters. The summed E-state index contributed by atoms with van der Waals surface area (Å²) in [6.07, 6.45) is 1.72. The van der Waals surface area contributed by atoms with E-state index in [-0.39, 0.29) is 37.0 Å². The molecule has 1 aromatic carbocycles. The van der Waals surface area contributed by atoms with Crippen LogP contribution < -0.4 is 10.1 Å². The first-order valence-corrected chi connectivity index (χ1v) is 13.2. The van der Waals surface area contributed by atoms with Gasteiger partial charge < -0.3 is 15.0 Å². The van der Waals surface area contributed by atoms with E-state index in [9.17, 15) is 18.8 Å². The zero-order valence-corrected chi connectivity index (χ0v) is 23.5. The first-order chi connectivity index (χ1) is 19.1. The van der Waals surface area contributed by atoms with Crippen LogP contribution in [0.1, 0.15) is 29.4 Å². The number of methoxy groups -OCH3 is 1. The fourth-order valence-corrected chi connectivity index (χ4v) is 4.98. The number of hydrogen-bond donors (Lipinski definition) is 1. The Balaban J connectivity index is 1.41. The Morgan fingerprint density at radius 3 is 2.60 bits per heavy atom. The number of halogens is 2. The van der Waals surface area contributed by atoms with E-state index in [1.165, 1.54) is 23.6 Å². The minimum Gasteiger partial charge on any atom is -0.467 e. The van der Waals surface area contributed by atoms with Gasteiger partial charge in [0.2, 0.25) is 11.8 Å². The average Bonchev–Trinajstić information content (AvgIpc) is 3.51. The number of alkyl halides is 1. The van der Waals surface area contributed by atoms with E-state index in [1.54, 1.807) is 49.6 Å². The van der Waals surface area contributed by atoms with Crippen molar-refractivity contribution in [1.29, 1.82) is 0 Å². The Morgan fingerprint density at radius 2 is 1.90 bits per heavy atom. The van der Waals surface area contributed by atoms with Crippen molar-refractivity contribution in [3.8, 4) is 17.1 Å². The minimum atomic E-state index is -1.35. The number of likely N-dealkylation sites (tertiary alicyclic amines) is 1. The van der Waals surface area contributed by atoms with Gasteiger partial charge in [0.1, 0.15) is 34.9 Å². The van der Waals surface area contributed by atoms with Crippen LogP contribution in [0.3, 0.4) is 0 Å². The van der Waals surface area contributed by atoms with Crippen molar-refractivity contribution in [3.05, 3.63) is 58.6 Å². The number of hydrogen-bond acceptors (Lipinski definition) is 8. The van der Waals surface area contributed by atoms with E-state index in [4.69, 9.17) is 4.74 Å². The molecule has 11 nitrogen and oxygen atoms in total. The van der Waals surface area contributed by atoms with Crippen LogP contribution in [0.5, 0.6) is 6.01 Å². The summed E-state index contributed by atoms with van der Waals surface area (Å²) in [5, 5.41) is 7.66. The number of anilines is 1. The van der Waals surface area contributed by atoms with Gasteiger partial charge in [0.15, 0.2) is 5.78 Å². The van der Waals surface area contributed by atoms with E-state index in [2.05, 4.69) is 41.3 Å². The average molecular weight is 610 g/mol. The summed E-state index contributed by atoms with van der Waals surface area (Å²) in [6, 6.07) is 8.07. The molecular weight excluding hydrogens is 585 g/mol. The highest BCUT2D eigenvalue weighted by molar-refractivity contribution is 9.10. The lowest BCUT2D eigenvalue weighted by Crippen LogP contribution is -2.44. The van der Waals surface area contributed by atoms with E-state index < -0.39 is 24.0 Å². The first-order valence-electron chi connectivity index (χ1n) is 12.4. The molecule has 4 heterocycles. The number of carbonyl (C=O) groups is 3. The number of carbonyl (C=O) groups excluding carboxylic acids is 3. The number of rotatable bonds is 7. The smallest absolute Gasteiger partial charge is 0.316 e. The van der Waals surface area contributed by atoms with Gasteiger partial charge in [-0.2, -0.15) is 5.10 Å². The zero-order valence-electron chi connectivity index (χ0n) is 21.9. The van der Waals surface area contributed by atoms with Crippen molar-refractivity contribution in [2.75, 3.05) is 19.0 Å². The number of aromatic nitrogens is 5. The molecule has 206 valence electrons. The number of aryl methyl sites for hydroxylation is 1. The molecule has 4 aromatic rings. The van der Waals surface area contributed by atoms with Crippen LogP contribution in [-0.4, -0.2) is 73.1 Å². The molecule has 40 heavy (non-hydrogen) atoms. The number of ketones is 1. The van der Waals surface area contributed by atoms with Crippen molar-refractivity contribution >= 4 is 50.2 Å². The van der Waals surface area contributed by atoms with E-state index in [1.807, 2.05) is 0 Å². The van der Waals surface area contributed by atoms with Gasteiger partial charge in [-0.15, -0.1) is 0 Å². The van der Waals surface area contributed by atoms with Crippen LogP contribution in [0.4, 0.5) is 10.2 Å². The fourth-order valence-electron chi connectivity index (χ4n) is 4.67. The normalized spacial score (nSPS) is 16.8. The van der Waals surface area contributed by atoms with E-state index in [0.29, 0.717) is 26.9 Å². The summed E-state index contributed by atoms with van der Waals surface area (Å²) in [5.41, 5.74) is 2.91. The standard InChI is InChI=1S/C27H25BrFN7O4/c1-14-4-7-22(28)32-25(14)33-26(39)21-9-18(29)12-35(21)23(38)13-36-20-6-5-16(8-19(20)24(34-36)15(2)37)17-10-30-27(40-3)31-11-17/h4-8,10-11,18,21H,9,12-13H2,1-3H3,(H,32,33,39)/t18-,21+/m1/s1. The van der Waals surface area contributed by atoms with Gasteiger partial charge in [0.05, 0.1) is 19.2 Å². The molecule has 3 aromatic heterocycles. The number of nitrogens with zero attached hydrogens (tertiary/aromatic N) is 6. The number of benzene rings is 1. The molecule has 2 amide bonds. The number of Topliss-reactive ketones (excluding diaryl/α,β-unsaturated/α-hetero) is 1. The SMILES string of the molecule is COc1ncc(-c2ccc3c(c2)c(C(C)=O)nn3CC(=O)N2C[C@H](F)C[C@H]2C(=O)Nc2nc(Br)ccc2C)cn1. The zero-order chi connectivity index (χ0) is 28.6. The quantitative estimate of drug-likeness (QED) is 0.247. The molecule has 1 fully saturated rings. The fraction of sp³-hybridized carbons (Fsp3) is 0.296. The molecule has 5 rings (SSSR count). The summed E-state index contributed by atoms with van der Waals surface area (Å²) in [7, 11) is 1.47. The summed E-state index contributed by atoms with van der Waals surface area (Å²) >= 11 is 3.27. The number of pyridine rings is 1. The molecule has 0 spiro atoms. The van der Waals surface area contributed by atoms with E-state index >= 15 is 0 Å². The maximum absolute atomic E-state index is 14.5. The van der Waals surface area contributed by atoms with E-state index in [0.717, 1.165) is 11.1 Å². The Bertz CT molecular complexity index is 1630. The third kappa shape index (κ3) is 5.41. The maximum atomic E-state index is 14.5. The lowest BCUT2D eigenvalue weighted by Gasteiger charge is -2.24. The molecular formula is C27H25BrFN7O4. The van der Waals surface area contributed by atoms with Crippen LogP contribution in [0.25, 0.3) is 22.0 Å². The number of nitrogens with one attached hydrogen (secondary N) is 1. The Hall–Kier alpha value is -4.26. The highest BCUT2D eigenvalue weighted by Crippen LogP contribution is 2.28. The van der Waals surface area contributed by atoms with Crippen LogP contribution in [-0.2, 0) is 16.1 Å². The molecule has 0 bridgehead atoms. The molecule has 1 N–H and O–H groups in total. The van der Waals surface area contributed by atoms with Gasteiger partial charge >= 0.3 is 6.01 Å². The number of amides is 2. The molecule has 0 saturated carbocycles. The van der Waals surface area contributed by atoms with Gasteiger partial charge in [0.25, 0.3) is 0 Å². The topological polar surface area (TPSA) is 132 Å². The van der Waals surface area contributed by atoms with Gasteiger partial charge in [-0.25, -0.2) is 19.3 Å². The molecule has 13 heteroatoms. The van der Waals surface area contributed by atoms with Crippen molar-refractivity contribution < 1.29 is 23.5 Å². The van der Waals surface area contributed by atoms with Crippen molar-refractivity contribution in [3.63, 3.8) is 0 Å². The lowest BCUT2D eigenvalue weighted by atomic mass is 10.0. The monoisotopic (exact) mass is 609 g/mol. The molecule has 0 aliphatic carbocycles. The lowest BCUT2D eigenvalue weighted by molar-refractivity contribution is -0.137. The third-order valence-corrected chi connectivity index (χ3v) is 7.13. The van der Waals surface area contributed by atoms with Crippen LogP contribution in [0, 0.1) is 6.92 Å². The molecule has 0 radical (unpaired) electrons. The highest BCUT2D eigenvalue weighted by atomic mass is 79.9. The van der Waals surface area contributed by atoms with Crippen molar-refractivity contribution in [2.45, 2.75) is 39.0 Å². The summed E-state index contributed by atoms with van der Waals surface area (Å²) in [6.45, 7) is 2.68. The molecule has 0 unspecified atom stereocenters. The van der Waals surface area contributed by atoms with Crippen LogP contribution >= 0.6 is 15.9 Å². The minimum absolute atomic E-state index is 0.129. The van der Waals surface area contributed by atoms with Crippen LogP contribution in [0.15, 0.2) is 47.3 Å². The van der Waals surface area contributed by atoms with Crippen molar-refractivity contribution in [1.82, 2.24) is 29.6 Å². The largest absolute Gasteiger partial charge is 0.467 e. The van der Waals surface area contributed by atoms with Gasteiger partial charge in [-0.05, 0) is 52.2 Å². The second-order valence-electron chi connectivity index (χ2n) is 9.44. The Labute approximate surface area is 236 Å². The van der Waals surface area contributed by atoms with Crippen LogP contribution in [0.2, 0.25) is 0 Å². The molecule has 1 aliphatic heterocycles. The predicted octanol–water partition coefficient (Wildman–Crippen LogP) is 3.75. The third-order valence-electron chi connectivity index (χ3n) is 6.69. The molecule has 1 saturated heterocycles. The summed E-state index contributed by atoms with van der Waals surface area (Å²) < 4.78 is 21.4. The Morgan fingerprint density at radius 1 is 1.15 bits per heavy atom. The highest BCUT2D eigenvalue weighted by Gasteiger charge is 2.40. The first kappa shape index (κ1) is 27.3. The van der Waals surface area contributed by atoms with Gasteiger partial charge in [0, 0.05) is 36.7 Å². The number of fused-ring (bicyclic) bond motifs is 1. The second kappa shape index (κ2) is 11.1. The summed E-state index contributed by atoms with van der Waals surface area (Å²) in [5.74, 6) is -0.968. The second-order valence-corrected chi connectivity index (χ2v) is 10.2. The maximum Gasteiger partial charge on any atom is 0.316 e. The van der Waals surface area contributed by atoms with Gasteiger partial charge in [-0.3, -0.25) is 19.1 Å². The Kier molecular flexibility index (Phi) is 7.57. The predicted molar refractivity (Wildman–Crippen MR) is 148 cm³/mol. The summed E-state index contributed by atoms with van der Waals surface area (Å²) in [4.78, 5) is 52.7. The number of ether oxygens (including phenoxy) is 1. The molecule has 1 aliphatic rings.